The Bertz CT molecular complexity index is 852. The molecule has 0 aliphatic heterocycles. The van der Waals surface area contributed by atoms with Gasteiger partial charge in [0.05, 0.1) is 11.0 Å². The molecule has 2 nitrogen and oxygen atoms in total. The number of benzene rings is 2. The quantitative estimate of drug-likeness (QED) is 0.437. The van der Waals surface area contributed by atoms with Crippen LogP contribution in [0.25, 0.3) is 22.2 Å². The number of imidazole rings is 1. The number of rotatable bonds is 6. The van der Waals surface area contributed by atoms with Gasteiger partial charge in [-0.1, -0.05) is 67.6 Å². The molecule has 0 spiro atoms. The van der Waals surface area contributed by atoms with E-state index in [1.165, 1.54) is 31.2 Å². The van der Waals surface area contributed by atoms with Crippen LogP contribution >= 0.6 is 23.2 Å². The monoisotopic (exact) mass is 360 g/mol. The van der Waals surface area contributed by atoms with Gasteiger partial charge in [-0.2, -0.15) is 0 Å². The van der Waals surface area contributed by atoms with Crippen LogP contribution in [0, 0.1) is 6.92 Å². The molecule has 0 saturated carbocycles. The molecule has 24 heavy (non-hydrogen) atoms. The van der Waals surface area contributed by atoms with Crippen molar-refractivity contribution in [2.45, 2.75) is 46.1 Å². The Kier molecular flexibility index (Phi) is 5.47. The van der Waals surface area contributed by atoms with Crippen LogP contribution in [0.1, 0.15) is 38.4 Å². The van der Waals surface area contributed by atoms with Gasteiger partial charge in [-0.15, -0.1) is 0 Å². The predicted molar refractivity (Wildman–Crippen MR) is 104 cm³/mol. The lowest BCUT2D eigenvalue weighted by Gasteiger charge is -2.08. The first-order valence-corrected chi connectivity index (χ1v) is 9.28. The lowest BCUT2D eigenvalue weighted by molar-refractivity contribution is 0.582. The summed E-state index contributed by atoms with van der Waals surface area (Å²) in [6, 6.07) is 11.9. The average Bonchev–Trinajstić information content (AvgIpc) is 2.87. The number of hydrogen-bond acceptors (Lipinski definition) is 1. The average molecular weight is 361 g/mol. The topological polar surface area (TPSA) is 17.8 Å². The van der Waals surface area contributed by atoms with Gasteiger partial charge in [-0.25, -0.2) is 4.98 Å². The zero-order valence-electron chi connectivity index (χ0n) is 14.1. The third-order valence-electron chi connectivity index (χ3n) is 4.43. The van der Waals surface area contributed by atoms with Gasteiger partial charge >= 0.3 is 0 Å². The number of para-hydroxylation sites is 1. The van der Waals surface area contributed by atoms with E-state index in [-0.39, 0.29) is 0 Å². The smallest absolute Gasteiger partial charge is 0.106 e. The zero-order valence-corrected chi connectivity index (χ0v) is 15.7. The van der Waals surface area contributed by atoms with E-state index in [2.05, 4.69) is 36.6 Å². The lowest BCUT2D eigenvalue weighted by atomic mass is 10.0. The van der Waals surface area contributed by atoms with Crippen LogP contribution in [0.4, 0.5) is 0 Å². The van der Waals surface area contributed by atoms with Crippen molar-refractivity contribution in [1.29, 1.82) is 0 Å². The number of fused-ring (bicyclic) bond motifs is 1. The van der Waals surface area contributed by atoms with Crippen molar-refractivity contribution in [1.82, 2.24) is 9.55 Å². The van der Waals surface area contributed by atoms with Gasteiger partial charge in [0.1, 0.15) is 5.82 Å². The van der Waals surface area contributed by atoms with Crippen LogP contribution in [-0.4, -0.2) is 9.55 Å². The molecule has 0 atom stereocenters. The van der Waals surface area contributed by atoms with Crippen molar-refractivity contribution in [3.63, 3.8) is 0 Å². The van der Waals surface area contributed by atoms with Crippen molar-refractivity contribution < 1.29 is 0 Å². The van der Waals surface area contributed by atoms with Gasteiger partial charge < -0.3 is 4.57 Å². The lowest BCUT2D eigenvalue weighted by Crippen LogP contribution is -2.00. The van der Waals surface area contributed by atoms with E-state index in [9.17, 15) is 0 Å². The fourth-order valence-electron chi connectivity index (χ4n) is 3.17. The molecule has 126 valence electrons. The Morgan fingerprint density at radius 3 is 2.58 bits per heavy atom. The summed E-state index contributed by atoms with van der Waals surface area (Å²) >= 11 is 12.4. The summed E-state index contributed by atoms with van der Waals surface area (Å²) in [4.78, 5) is 4.82. The SMILES string of the molecule is CCCCCCn1c(C)nc2c(-c3ccc(Cl)cc3Cl)cccc21. The normalized spacial score (nSPS) is 11.3. The molecule has 0 saturated heterocycles. The molecule has 0 amide bonds. The molecular formula is C20H22Cl2N2. The molecule has 0 N–H and O–H groups in total. The van der Waals surface area contributed by atoms with Gasteiger partial charge in [0.2, 0.25) is 0 Å². The molecule has 2 aromatic carbocycles. The molecule has 0 aliphatic rings. The molecule has 0 bridgehead atoms. The van der Waals surface area contributed by atoms with E-state index in [0.29, 0.717) is 10.0 Å². The first kappa shape index (κ1) is 17.3. The highest BCUT2D eigenvalue weighted by Gasteiger charge is 2.14. The van der Waals surface area contributed by atoms with Gasteiger partial charge in [-0.3, -0.25) is 0 Å². The van der Waals surface area contributed by atoms with Crippen LogP contribution < -0.4 is 0 Å². The van der Waals surface area contributed by atoms with E-state index >= 15 is 0 Å². The molecule has 3 aromatic rings. The van der Waals surface area contributed by atoms with Gasteiger partial charge in [0.15, 0.2) is 0 Å². The number of halogens is 2. The molecule has 3 rings (SSSR count). The molecule has 1 heterocycles. The Hall–Kier alpha value is -1.51. The van der Waals surface area contributed by atoms with Crippen LogP contribution in [-0.2, 0) is 6.54 Å². The highest BCUT2D eigenvalue weighted by atomic mass is 35.5. The molecular weight excluding hydrogens is 339 g/mol. The molecule has 0 radical (unpaired) electrons. The van der Waals surface area contributed by atoms with E-state index in [4.69, 9.17) is 28.2 Å². The van der Waals surface area contributed by atoms with Crippen molar-refractivity contribution in [3.8, 4) is 11.1 Å². The maximum atomic E-state index is 6.41. The summed E-state index contributed by atoms with van der Waals surface area (Å²) in [6.07, 6.45) is 4.99. The Balaban J connectivity index is 2.02. The maximum absolute atomic E-state index is 6.41. The number of hydrogen-bond donors (Lipinski definition) is 0. The minimum atomic E-state index is 0.647. The molecule has 1 aromatic heterocycles. The van der Waals surface area contributed by atoms with Crippen molar-refractivity contribution in [2.75, 3.05) is 0 Å². The second kappa shape index (κ2) is 7.58. The first-order chi connectivity index (χ1) is 11.6. The van der Waals surface area contributed by atoms with Crippen molar-refractivity contribution >= 4 is 34.2 Å². The Morgan fingerprint density at radius 1 is 1.00 bits per heavy atom. The number of aromatic nitrogens is 2. The third kappa shape index (κ3) is 3.45. The number of aryl methyl sites for hydroxylation is 2. The maximum Gasteiger partial charge on any atom is 0.106 e. The van der Waals surface area contributed by atoms with Crippen LogP contribution in [0.2, 0.25) is 10.0 Å². The molecule has 0 fully saturated rings. The molecule has 0 unspecified atom stereocenters. The molecule has 4 heteroatoms. The minimum absolute atomic E-state index is 0.647. The van der Waals surface area contributed by atoms with E-state index in [1.54, 1.807) is 6.07 Å². The molecule has 0 aliphatic carbocycles. The fraction of sp³-hybridized carbons (Fsp3) is 0.350. The zero-order chi connectivity index (χ0) is 17.1. The summed E-state index contributed by atoms with van der Waals surface area (Å²) < 4.78 is 2.32. The second-order valence-corrected chi connectivity index (χ2v) is 7.01. The second-order valence-electron chi connectivity index (χ2n) is 6.17. The Labute approximate surface area is 153 Å². The third-order valence-corrected chi connectivity index (χ3v) is 4.97. The summed E-state index contributed by atoms with van der Waals surface area (Å²) in [6.45, 7) is 5.33. The van der Waals surface area contributed by atoms with E-state index < -0.39 is 0 Å². The summed E-state index contributed by atoms with van der Waals surface area (Å²) in [7, 11) is 0. The highest BCUT2D eigenvalue weighted by molar-refractivity contribution is 6.36. The van der Waals surface area contributed by atoms with Gasteiger partial charge in [-0.05, 0) is 31.5 Å². The predicted octanol–water partition coefficient (Wildman–Crippen LogP) is 6.90. The number of nitrogens with zero attached hydrogens (tertiary/aromatic N) is 2. The van der Waals surface area contributed by atoms with E-state index in [1.807, 2.05) is 12.1 Å². The van der Waals surface area contributed by atoms with Gasteiger partial charge in [0, 0.05) is 27.7 Å². The summed E-state index contributed by atoms with van der Waals surface area (Å²) in [5, 5.41) is 1.30. The fourth-order valence-corrected chi connectivity index (χ4v) is 3.68. The van der Waals surface area contributed by atoms with Crippen molar-refractivity contribution in [2.24, 2.45) is 0 Å². The Morgan fingerprint density at radius 2 is 1.83 bits per heavy atom. The summed E-state index contributed by atoms with van der Waals surface area (Å²) in [5.74, 6) is 1.05. The van der Waals surface area contributed by atoms with Crippen LogP contribution in [0.15, 0.2) is 36.4 Å². The summed E-state index contributed by atoms with van der Waals surface area (Å²) in [5.41, 5.74) is 4.22. The van der Waals surface area contributed by atoms with Crippen LogP contribution in [0.3, 0.4) is 0 Å². The van der Waals surface area contributed by atoms with Crippen LogP contribution in [0.5, 0.6) is 0 Å². The van der Waals surface area contributed by atoms with Crippen molar-refractivity contribution in [3.05, 3.63) is 52.3 Å². The van der Waals surface area contributed by atoms with E-state index in [0.717, 1.165) is 29.0 Å². The largest absolute Gasteiger partial charge is 0.328 e. The number of unbranched alkanes of at least 4 members (excludes halogenated alkanes) is 3. The first-order valence-electron chi connectivity index (χ1n) is 8.53. The highest BCUT2D eigenvalue weighted by Crippen LogP contribution is 2.35. The minimum Gasteiger partial charge on any atom is -0.328 e. The van der Waals surface area contributed by atoms with Gasteiger partial charge in [0.25, 0.3) is 0 Å². The standard InChI is InChI=1S/C20H22Cl2N2/c1-3-4-5-6-12-24-14(2)23-20-17(8-7-9-19(20)24)16-11-10-15(21)13-18(16)22/h7-11,13H,3-6,12H2,1-2H3.